The van der Waals surface area contributed by atoms with Gasteiger partial charge in [0.1, 0.15) is 11.6 Å². The summed E-state index contributed by atoms with van der Waals surface area (Å²) in [6, 6.07) is 2.72. The second kappa shape index (κ2) is 7.50. The van der Waals surface area contributed by atoms with Crippen LogP contribution in [0.15, 0.2) is 16.6 Å². The van der Waals surface area contributed by atoms with Crippen molar-refractivity contribution in [2.24, 2.45) is 0 Å². The van der Waals surface area contributed by atoms with E-state index in [1.165, 1.54) is 12.1 Å². The topological polar surface area (TPSA) is 33.2 Å². The molecule has 4 nitrogen and oxygen atoms in total. The molecule has 1 aromatic heterocycles. The van der Waals surface area contributed by atoms with Crippen molar-refractivity contribution in [3.63, 3.8) is 0 Å². The number of nitrogens with one attached hydrogen (secondary N) is 1. The number of halogens is 3. The second-order valence-electron chi connectivity index (χ2n) is 6.83. The van der Waals surface area contributed by atoms with Crippen molar-refractivity contribution in [1.82, 2.24) is 14.5 Å². The molecule has 1 aromatic carbocycles. The highest BCUT2D eigenvalue weighted by molar-refractivity contribution is 9.10. The lowest BCUT2D eigenvalue weighted by Gasteiger charge is -2.26. The minimum Gasteiger partial charge on any atom is -0.379 e. The van der Waals surface area contributed by atoms with E-state index in [4.69, 9.17) is 17.0 Å². The summed E-state index contributed by atoms with van der Waals surface area (Å²) in [5.74, 6) is -1.24. The third kappa shape index (κ3) is 3.40. The van der Waals surface area contributed by atoms with Gasteiger partial charge in [0.15, 0.2) is 4.77 Å². The molecular formula is C18H20BrF2N3OS. The normalized spacial score (nSPS) is 20.5. The molecule has 2 aromatic rings. The first-order valence-electron chi connectivity index (χ1n) is 8.78. The maximum atomic E-state index is 14.5. The van der Waals surface area contributed by atoms with Gasteiger partial charge in [0, 0.05) is 55.5 Å². The van der Waals surface area contributed by atoms with Crippen LogP contribution in [-0.4, -0.2) is 47.3 Å². The van der Waals surface area contributed by atoms with Gasteiger partial charge in [-0.05, 0) is 46.7 Å². The summed E-state index contributed by atoms with van der Waals surface area (Å²) in [5.41, 5.74) is 2.31. The largest absolute Gasteiger partial charge is 0.379 e. The highest BCUT2D eigenvalue weighted by Gasteiger charge is 2.31. The maximum Gasteiger partial charge on any atom is 0.177 e. The zero-order valence-electron chi connectivity index (χ0n) is 14.2. The van der Waals surface area contributed by atoms with Gasteiger partial charge in [0.2, 0.25) is 0 Å². The molecule has 26 heavy (non-hydrogen) atoms. The van der Waals surface area contributed by atoms with Crippen LogP contribution < -0.4 is 0 Å². The van der Waals surface area contributed by atoms with Crippen molar-refractivity contribution in [3.05, 3.63) is 50.0 Å². The van der Waals surface area contributed by atoms with Crippen LogP contribution in [0.3, 0.4) is 0 Å². The first-order chi connectivity index (χ1) is 12.5. The van der Waals surface area contributed by atoms with Crippen LogP contribution in [0.25, 0.3) is 0 Å². The number of hydrogen-bond donors (Lipinski definition) is 1. The Balaban J connectivity index is 1.54. The summed E-state index contributed by atoms with van der Waals surface area (Å²) in [5, 5.41) is 0. The van der Waals surface area contributed by atoms with Crippen LogP contribution in [0.5, 0.6) is 0 Å². The molecule has 1 unspecified atom stereocenters. The lowest BCUT2D eigenvalue weighted by molar-refractivity contribution is 0.0383. The Morgan fingerprint density at radius 3 is 2.81 bits per heavy atom. The summed E-state index contributed by atoms with van der Waals surface area (Å²) >= 11 is 8.60. The minimum atomic E-state index is -0.509. The van der Waals surface area contributed by atoms with Crippen LogP contribution in [0.4, 0.5) is 8.78 Å². The van der Waals surface area contributed by atoms with E-state index in [9.17, 15) is 8.78 Å². The molecule has 0 aliphatic carbocycles. The predicted molar refractivity (Wildman–Crippen MR) is 101 cm³/mol. The number of imidazole rings is 1. The summed E-state index contributed by atoms with van der Waals surface area (Å²) in [7, 11) is 0. The molecule has 2 aliphatic rings. The number of H-pyrrole nitrogens is 1. The molecule has 1 fully saturated rings. The molecule has 0 bridgehead atoms. The van der Waals surface area contributed by atoms with Crippen LogP contribution in [0.1, 0.15) is 22.9 Å². The van der Waals surface area contributed by atoms with Crippen molar-refractivity contribution in [2.45, 2.75) is 25.3 Å². The van der Waals surface area contributed by atoms with Gasteiger partial charge in [-0.1, -0.05) is 0 Å². The fourth-order valence-electron chi connectivity index (χ4n) is 3.91. The standard InChI is InChI=1S/C18H20BrF2N3OS/c19-12-1-2-13(20)16(17(12)21)11-9-15-14(22-18(26)24(15)10-11)3-4-23-5-7-25-8-6-23/h1-2,11H,3-10H2,(H,22,26). The molecule has 1 saturated heterocycles. The van der Waals surface area contributed by atoms with Crippen molar-refractivity contribution in [1.29, 1.82) is 0 Å². The SMILES string of the molecule is Fc1ccc(Br)c(F)c1C1Cc2c(CCN3CCOCC3)[nH]c(=S)n2C1. The van der Waals surface area contributed by atoms with Gasteiger partial charge in [-0.15, -0.1) is 0 Å². The molecule has 3 heterocycles. The Bertz CT molecular complexity index is 876. The summed E-state index contributed by atoms with van der Waals surface area (Å²) in [4.78, 5) is 5.66. The lowest BCUT2D eigenvalue weighted by Crippen LogP contribution is -2.37. The van der Waals surface area contributed by atoms with E-state index in [1.54, 1.807) is 0 Å². The van der Waals surface area contributed by atoms with Gasteiger partial charge < -0.3 is 14.3 Å². The Morgan fingerprint density at radius 1 is 1.27 bits per heavy atom. The van der Waals surface area contributed by atoms with Crippen molar-refractivity contribution < 1.29 is 13.5 Å². The first-order valence-corrected chi connectivity index (χ1v) is 9.98. The minimum absolute atomic E-state index is 0.150. The second-order valence-corrected chi connectivity index (χ2v) is 8.07. The average Bonchev–Trinajstić information content (AvgIpc) is 3.19. The molecule has 0 amide bonds. The number of aromatic nitrogens is 2. The van der Waals surface area contributed by atoms with E-state index in [2.05, 4.69) is 25.8 Å². The number of hydrogen-bond acceptors (Lipinski definition) is 3. The highest BCUT2D eigenvalue weighted by Crippen LogP contribution is 2.36. The predicted octanol–water partition coefficient (Wildman–Crippen LogP) is 3.80. The average molecular weight is 444 g/mol. The number of aromatic amines is 1. The van der Waals surface area contributed by atoms with E-state index in [-0.39, 0.29) is 11.5 Å². The van der Waals surface area contributed by atoms with Crippen LogP contribution in [0, 0.1) is 16.4 Å². The zero-order chi connectivity index (χ0) is 18.3. The summed E-state index contributed by atoms with van der Waals surface area (Å²) in [6.07, 6.45) is 1.44. The number of ether oxygens (including phenoxy) is 1. The Labute approximate surface area is 164 Å². The third-order valence-corrected chi connectivity index (χ3v) is 6.22. The van der Waals surface area contributed by atoms with Gasteiger partial charge in [0.25, 0.3) is 0 Å². The van der Waals surface area contributed by atoms with E-state index in [1.807, 2.05) is 4.57 Å². The Kier molecular flexibility index (Phi) is 5.27. The number of benzene rings is 1. The molecule has 140 valence electrons. The van der Waals surface area contributed by atoms with Gasteiger partial charge in [0.05, 0.1) is 17.7 Å². The first kappa shape index (κ1) is 18.3. The smallest absolute Gasteiger partial charge is 0.177 e. The molecule has 2 aliphatic heterocycles. The molecule has 1 atom stereocenters. The molecule has 0 radical (unpaired) electrons. The summed E-state index contributed by atoms with van der Waals surface area (Å²) < 4.78 is 37.1. The quantitative estimate of drug-likeness (QED) is 0.576. The fourth-order valence-corrected chi connectivity index (χ4v) is 4.56. The van der Waals surface area contributed by atoms with E-state index >= 15 is 0 Å². The van der Waals surface area contributed by atoms with Crippen LogP contribution in [0.2, 0.25) is 0 Å². The fraction of sp³-hybridized carbons (Fsp3) is 0.500. The number of fused-ring (bicyclic) bond motifs is 1. The number of nitrogens with zero attached hydrogens (tertiary/aromatic N) is 2. The molecule has 1 N–H and O–H groups in total. The van der Waals surface area contributed by atoms with Crippen molar-refractivity contribution in [2.75, 3.05) is 32.8 Å². The highest BCUT2D eigenvalue weighted by atomic mass is 79.9. The van der Waals surface area contributed by atoms with E-state index in [0.29, 0.717) is 22.2 Å². The molecule has 0 saturated carbocycles. The molecule has 8 heteroatoms. The van der Waals surface area contributed by atoms with Gasteiger partial charge in [-0.2, -0.15) is 0 Å². The van der Waals surface area contributed by atoms with Crippen molar-refractivity contribution in [3.8, 4) is 0 Å². The number of morpholine rings is 1. The van der Waals surface area contributed by atoms with Crippen LogP contribution in [-0.2, 0) is 24.1 Å². The van der Waals surface area contributed by atoms with E-state index < -0.39 is 11.6 Å². The maximum absolute atomic E-state index is 14.5. The molecule has 0 spiro atoms. The van der Waals surface area contributed by atoms with Crippen molar-refractivity contribution >= 4 is 28.1 Å². The van der Waals surface area contributed by atoms with E-state index in [0.717, 1.165) is 50.7 Å². The molecule has 4 rings (SSSR count). The van der Waals surface area contributed by atoms with Gasteiger partial charge >= 0.3 is 0 Å². The number of rotatable bonds is 4. The van der Waals surface area contributed by atoms with Gasteiger partial charge in [-0.3, -0.25) is 4.90 Å². The Morgan fingerprint density at radius 2 is 2.04 bits per heavy atom. The Hall–Kier alpha value is -1.09. The third-order valence-electron chi connectivity index (χ3n) is 5.29. The monoisotopic (exact) mass is 443 g/mol. The summed E-state index contributed by atoms with van der Waals surface area (Å²) in [6.45, 7) is 4.85. The lowest BCUT2D eigenvalue weighted by atomic mass is 9.95. The molecular weight excluding hydrogens is 424 g/mol. The van der Waals surface area contributed by atoms with Gasteiger partial charge in [-0.25, -0.2) is 8.78 Å². The zero-order valence-corrected chi connectivity index (χ0v) is 16.6. The van der Waals surface area contributed by atoms with Crippen LogP contribution >= 0.6 is 28.1 Å².